The van der Waals surface area contributed by atoms with Crippen LogP contribution in [0.25, 0.3) is 0 Å². The minimum absolute atomic E-state index is 0.0573. The van der Waals surface area contributed by atoms with Crippen LogP contribution < -0.4 is 5.32 Å². The molecule has 0 aliphatic rings. The number of anilines is 1. The second-order valence-electron chi connectivity index (χ2n) is 6.08. The Bertz CT molecular complexity index is 811. The van der Waals surface area contributed by atoms with Crippen molar-refractivity contribution >= 4 is 29.3 Å². The predicted octanol–water partition coefficient (Wildman–Crippen LogP) is 3.15. The van der Waals surface area contributed by atoms with Crippen LogP contribution >= 0.6 is 11.8 Å². The summed E-state index contributed by atoms with van der Waals surface area (Å²) < 4.78 is 5.10. The zero-order valence-electron chi connectivity index (χ0n) is 16.1. The molecule has 0 bridgehead atoms. The highest BCUT2D eigenvalue weighted by Crippen LogP contribution is 2.20. The van der Waals surface area contributed by atoms with E-state index in [9.17, 15) is 9.59 Å². The average Bonchev–Trinajstić information content (AvgIpc) is 2.68. The van der Waals surface area contributed by atoms with Gasteiger partial charge in [-0.1, -0.05) is 12.1 Å². The molecule has 0 saturated heterocycles. The Balaban J connectivity index is 2.17. The van der Waals surface area contributed by atoms with Crippen LogP contribution in [0.2, 0.25) is 0 Å². The number of rotatable bonds is 8. The van der Waals surface area contributed by atoms with Crippen molar-refractivity contribution in [2.24, 2.45) is 0 Å². The van der Waals surface area contributed by atoms with Gasteiger partial charge in [-0.25, -0.2) is 4.98 Å². The van der Waals surface area contributed by atoms with Gasteiger partial charge >= 0.3 is 0 Å². The van der Waals surface area contributed by atoms with Gasteiger partial charge in [0.2, 0.25) is 5.91 Å². The number of hydrogen-bond donors (Lipinski definition) is 1. The van der Waals surface area contributed by atoms with E-state index in [1.807, 2.05) is 38.3 Å². The van der Waals surface area contributed by atoms with Gasteiger partial charge in [0, 0.05) is 25.5 Å². The molecule has 0 unspecified atom stereocenters. The first kappa shape index (κ1) is 20.9. The van der Waals surface area contributed by atoms with E-state index in [-0.39, 0.29) is 18.4 Å². The molecule has 0 atom stereocenters. The highest BCUT2D eigenvalue weighted by molar-refractivity contribution is 7.98. The van der Waals surface area contributed by atoms with Crippen LogP contribution in [-0.2, 0) is 9.53 Å². The van der Waals surface area contributed by atoms with Crippen LogP contribution in [0.5, 0.6) is 0 Å². The van der Waals surface area contributed by atoms with Gasteiger partial charge in [0.15, 0.2) is 0 Å². The zero-order valence-corrected chi connectivity index (χ0v) is 16.9. The topological polar surface area (TPSA) is 71.5 Å². The largest absolute Gasteiger partial charge is 0.383 e. The van der Waals surface area contributed by atoms with Crippen molar-refractivity contribution in [3.05, 3.63) is 53.2 Å². The van der Waals surface area contributed by atoms with E-state index in [0.717, 1.165) is 16.8 Å². The molecule has 144 valence electrons. The summed E-state index contributed by atoms with van der Waals surface area (Å²) in [5.74, 6) is -0.483. The van der Waals surface area contributed by atoms with Gasteiger partial charge in [0.25, 0.3) is 5.91 Å². The number of ether oxygens (including phenoxy) is 1. The zero-order chi connectivity index (χ0) is 19.8. The number of hydrogen-bond acceptors (Lipinski definition) is 5. The minimum atomic E-state index is -0.247. The summed E-state index contributed by atoms with van der Waals surface area (Å²) in [7, 11) is 1.57. The summed E-state index contributed by atoms with van der Waals surface area (Å²) in [5.41, 5.74) is 3.35. The fourth-order valence-electron chi connectivity index (χ4n) is 2.59. The van der Waals surface area contributed by atoms with E-state index >= 15 is 0 Å². The molecule has 2 aromatic rings. The molecule has 1 aromatic heterocycles. The monoisotopic (exact) mass is 387 g/mol. The van der Waals surface area contributed by atoms with E-state index in [1.165, 1.54) is 16.7 Å². The molecule has 2 rings (SSSR count). The number of thioether (sulfide) groups is 1. The number of pyridine rings is 1. The number of amides is 2. The van der Waals surface area contributed by atoms with Crippen molar-refractivity contribution in [3.8, 4) is 0 Å². The maximum absolute atomic E-state index is 13.0. The number of benzene rings is 1. The smallest absolute Gasteiger partial charge is 0.257 e. The van der Waals surface area contributed by atoms with Crippen molar-refractivity contribution in [2.45, 2.75) is 18.9 Å². The van der Waals surface area contributed by atoms with Gasteiger partial charge in [0.05, 0.1) is 12.2 Å². The van der Waals surface area contributed by atoms with Crippen LogP contribution in [0.3, 0.4) is 0 Å². The first-order valence-electron chi connectivity index (χ1n) is 8.61. The average molecular weight is 388 g/mol. The molecule has 0 aliphatic heterocycles. The molecule has 0 aliphatic carbocycles. The molecule has 7 heteroatoms. The van der Waals surface area contributed by atoms with E-state index < -0.39 is 0 Å². The fourth-order valence-corrected chi connectivity index (χ4v) is 3.13. The van der Waals surface area contributed by atoms with Gasteiger partial charge in [-0.3, -0.25) is 9.59 Å². The fraction of sp³-hybridized carbons (Fsp3) is 0.350. The summed E-state index contributed by atoms with van der Waals surface area (Å²) >= 11 is 1.40. The van der Waals surface area contributed by atoms with Gasteiger partial charge in [-0.15, -0.1) is 11.8 Å². The molecule has 1 aromatic carbocycles. The molecule has 1 heterocycles. The van der Waals surface area contributed by atoms with Crippen LogP contribution in [0.15, 0.2) is 41.6 Å². The lowest BCUT2D eigenvalue weighted by molar-refractivity contribution is -0.117. The van der Waals surface area contributed by atoms with Gasteiger partial charge in [-0.2, -0.15) is 0 Å². The summed E-state index contributed by atoms with van der Waals surface area (Å²) in [5, 5.41) is 3.54. The molecule has 2 amide bonds. The van der Waals surface area contributed by atoms with E-state index in [0.29, 0.717) is 23.7 Å². The lowest BCUT2D eigenvalue weighted by atomic mass is 10.1. The third-order valence-electron chi connectivity index (χ3n) is 4.26. The van der Waals surface area contributed by atoms with Crippen LogP contribution in [0.4, 0.5) is 5.69 Å². The number of methoxy groups -OCH3 is 1. The Hall–Kier alpha value is -2.38. The number of aromatic nitrogens is 1. The Labute approximate surface area is 164 Å². The van der Waals surface area contributed by atoms with Crippen molar-refractivity contribution in [2.75, 3.05) is 38.4 Å². The highest BCUT2D eigenvalue weighted by Gasteiger charge is 2.22. The first-order valence-corrected chi connectivity index (χ1v) is 9.83. The lowest BCUT2D eigenvalue weighted by Gasteiger charge is -2.23. The third-order valence-corrected chi connectivity index (χ3v) is 4.97. The molecule has 0 spiro atoms. The van der Waals surface area contributed by atoms with E-state index in [2.05, 4.69) is 10.3 Å². The molecule has 27 heavy (non-hydrogen) atoms. The molecule has 1 N–H and O–H groups in total. The molecule has 6 nitrogen and oxygen atoms in total. The molecule has 0 radical (unpaired) electrons. The number of carbonyl (C=O) groups excluding carboxylic acids is 2. The van der Waals surface area contributed by atoms with Gasteiger partial charge in [-0.05, 0) is 49.4 Å². The summed E-state index contributed by atoms with van der Waals surface area (Å²) in [6.07, 6.45) is 3.52. The van der Waals surface area contributed by atoms with E-state index in [4.69, 9.17) is 4.74 Å². The summed E-state index contributed by atoms with van der Waals surface area (Å²) in [6.45, 7) is 4.55. The Morgan fingerprint density at radius 2 is 2.00 bits per heavy atom. The molecular weight excluding hydrogens is 362 g/mol. The quantitative estimate of drug-likeness (QED) is 0.705. The molecular formula is C20H25N3O3S. The Morgan fingerprint density at radius 3 is 2.70 bits per heavy atom. The van der Waals surface area contributed by atoms with Crippen molar-refractivity contribution in [3.63, 3.8) is 0 Å². The van der Waals surface area contributed by atoms with Crippen LogP contribution in [-0.4, -0.2) is 54.8 Å². The van der Waals surface area contributed by atoms with E-state index in [1.54, 1.807) is 25.4 Å². The lowest BCUT2D eigenvalue weighted by Crippen LogP contribution is -2.40. The predicted molar refractivity (Wildman–Crippen MR) is 108 cm³/mol. The Kier molecular flexibility index (Phi) is 7.82. The highest BCUT2D eigenvalue weighted by atomic mass is 32.2. The SMILES string of the molecule is COCCN(CC(=O)Nc1cccc(C)c1C)C(=O)c1cccnc1SC. The maximum Gasteiger partial charge on any atom is 0.257 e. The summed E-state index contributed by atoms with van der Waals surface area (Å²) in [4.78, 5) is 31.3. The van der Waals surface area contributed by atoms with Gasteiger partial charge < -0.3 is 15.0 Å². The number of carbonyl (C=O) groups is 2. The molecule has 0 saturated carbocycles. The second kappa shape index (κ2) is 10.1. The normalized spacial score (nSPS) is 10.5. The third kappa shape index (κ3) is 5.55. The number of nitrogens with zero attached hydrogens (tertiary/aromatic N) is 2. The van der Waals surface area contributed by atoms with Crippen molar-refractivity contribution in [1.82, 2.24) is 9.88 Å². The number of aryl methyl sites for hydroxylation is 1. The van der Waals surface area contributed by atoms with Gasteiger partial charge in [0.1, 0.15) is 11.6 Å². The maximum atomic E-state index is 13.0. The van der Waals surface area contributed by atoms with Crippen LogP contribution in [0, 0.1) is 13.8 Å². The second-order valence-corrected chi connectivity index (χ2v) is 6.87. The van der Waals surface area contributed by atoms with Crippen LogP contribution in [0.1, 0.15) is 21.5 Å². The van der Waals surface area contributed by atoms with Crippen molar-refractivity contribution < 1.29 is 14.3 Å². The standard InChI is InChI=1S/C20H25N3O3S/c1-14-7-5-9-17(15(14)2)22-18(24)13-23(11-12-26-3)20(25)16-8-6-10-21-19(16)27-4/h5-10H,11-13H2,1-4H3,(H,22,24). The first-order chi connectivity index (χ1) is 13.0. The molecule has 0 fully saturated rings. The minimum Gasteiger partial charge on any atom is -0.383 e. The number of nitrogens with one attached hydrogen (secondary N) is 1. The Morgan fingerprint density at radius 1 is 1.22 bits per heavy atom. The summed E-state index contributed by atoms with van der Waals surface area (Å²) in [6, 6.07) is 9.19. The van der Waals surface area contributed by atoms with Crippen molar-refractivity contribution in [1.29, 1.82) is 0 Å².